The van der Waals surface area contributed by atoms with Crippen LogP contribution < -0.4 is 19.7 Å². The number of carbonyl (C=O) groups is 3. The summed E-state index contributed by atoms with van der Waals surface area (Å²) in [5, 5.41) is 2.79. The Morgan fingerprint density at radius 2 is 1.96 bits per heavy atom. The summed E-state index contributed by atoms with van der Waals surface area (Å²) in [5.41, 5.74) is 1.38. The lowest BCUT2D eigenvalue weighted by Crippen LogP contribution is -2.41. The van der Waals surface area contributed by atoms with Crippen LogP contribution in [0.2, 0.25) is 0 Å². The predicted molar refractivity (Wildman–Crippen MR) is 99.5 cm³/mol. The topological polar surface area (TPSA) is 94.2 Å². The molecule has 1 atom stereocenters. The van der Waals surface area contributed by atoms with Crippen LogP contribution in [0.5, 0.6) is 11.5 Å². The number of nitrogens with zero attached hydrogens (tertiary/aromatic N) is 1. The van der Waals surface area contributed by atoms with Gasteiger partial charge in [0.2, 0.25) is 12.7 Å². The zero-order valence-corrected chi connectivity index (χ0v) is 15.1. The number of amides is 2. The van der Waals surface area contributed by atoms with Gasteiger partial charge in [0.15, 0.2) is 18.1 Å². The molecular formula is C20H18N2O6. The van der Waals surface area contributed by atoms with Gasteiger partial charge in [-0.15, -0.1) is 0 Å². The van der Waals surface area contributed by atoms with Crippen LogP contribution in [0.1, 0.15) is 23.7 Å². The summed E-state index contributed by atoms with van der Waals surface area (Å²) < 4.78 is 15.7. The van der Waals surface area contributed by atoms with Crippen LogP contribution in [-0.4, -0.2) is 37.2 Å². The van der Waals surface area contributed by atoms with Crippen molar-refractivity contribution in [1.29, 1.82) is 0 Å². The third-order valence-electron chi connectivity index (χ3n) is 4.56. The van der Waals surface area contributed by atoms with Crippen LogP contribution >= 0.6 is 0 Å². The molecule has 8 nitrogen and oxygen atoms in total. The van der Waals surface area contributed by atoms with E-state index in [2.05, 4.69) is 5.32 Å². The zero-order chi connectivity index (χ0) is 19.7. The van der Waals surface area contributed by atoms with Gasteiger partial charge in [-0.2, -0.15) is 0 Å². The molecule has 1 unspecified atom stereocenters. The molecule has 0 saturated heterocycles. The zero-order valence-electron chi connectivity index (χ0n) is 15.1. The van der Waals surface area contributed by atoms with Gasteiger partial charge in [-0.05, 0) is 37.3 Å². The van der Waals surface area contributed by atoms with Crippen molar-refractivity contribution in [3.05, 3.63) is 48.0 Å². The largest absolute Gasteiger partial charge is 0.454 e. The van der Waals surface area contributed by atoms with E-state index >= 15 is 0 Å². The molecule has 0 bridgehead atoms. The number of benzene rings is 2. The number of carbonyl (C=O) groups excluding carboxylic acids is 3. The summed E-state index contributed by atoms with van der Waals surface area (Å²) >= 11 is 0. The van der Waals surface area contributed by atoms with E-state index in [0.29, 0.717) is 22.9 Å². The van der Waals surface area contributed by atoms with Gasteiger partial charge in [0.05, 0.1) is 16.9 Å². The highest BCUT2D eigenvalue weighted by atomic mass is 16.7. The molecule has 0 radical (unpaired) electrons. The first kappa shape index (κ1) is 17.8. The minimum absolute atomic E-state index is 0.103. The second-order valence-corrected chi connectivity index (χ2v) is 6.53. The van der Waals surface area contributed by atoms with Gasteiger partial charge in [0.1, 0.15) is 0 Å². The van der Waals surface area contributed by atoms with Gasteiger partial charge in [0.25, 0.3) is 5.91 Å². The van der Waals surface area contributed by atoms with Gasteiger partial charge in [-0.3, -0.25) is 9.59 Å². The average Bonchev–Trinajstić information content (AvgIpc) is 3.10. The lowest BCUT2D eigenvalue weighted by molar-refractivity contribution is -0.122. The molecule has 144 valence electrons. The first-order chi connectivity index (χ1) is 13.5. The van der Waals surface area contributed by atoms with Crippen molar-refractivity contribution < 1.29 is 28.6 Å². The van der Waals surface area contributed by atoms with E-state index in [-0.39, 0.29) is 30.7 Å². The SMILES string of the molecule is CC1CC(=O)Nc2ccccc2N1C(=O)COC(=O)c1ccc2c(c1)OCO2. The molecule has 2 aromatic rings. The van der Waals surface area contributed by atoms with Gasteiger partial charge >= 0.3 is 5.97 Å². The van der Waals surface area contributed by atoms with Crippen LogP contribution in [0.4, 0.5) is 11.4 Å². The van der Waals surface area contributed by atoms with Crippen LogP contribution in [0.25, 0.3) is 0 Å². The number of nitrogens with one attached hydrogen (secondary N) is 1. The van der Waals surface area contributed by atoms with Crippen molar-refractivity contribution in [2.24, 2.45) is 0 Å². The average molecular weight is 382 g/mol. The van der Waals surface area contributed by atoms with Crippen LogP contribution in [0.15, 0.2) is 42.5 Å². The van der Waals surface area contributed by atoms with Crippen molar-refractivity contribution in [2.75, 3.05) is 23.6 Å². The summed E-state index contributed by atoms with van der Waals surface area (Å²) in [4.78, 5) is 38.6. The fraction of sp³-hybridized carbons (Fsp3) is 0.250. The van der Waals surface area contributed by atoms with E-state index in [0.717, 1.165) is 0 Å². The summed E-state index contributed by atoms with van der Waals surface area (Å²) in [7, 11) is 0. The maximum Gasteiger partial charge on any atom is 0.338 e. The molecule has 2 aliphatic heterocycles. The Kier molecular flexibility index (Phi) is 4.60. The molecule has 0 fully saturated rings. The predicted octanol–water partition coefficient (Wildman–Crippen LogP) is 2.34. The molecule has 0 aliphatic carbocycles. The smallest absolute Gasteiger partial charge is 0.338 e. The molecular weight excluding hydrogens is 364 g/mol. The van der Waals surface area contributed by atoms with Gasteiger partial charge in [-0.25, -0.2) is 4.79 Å². The van der Waals surface area contributed by atoms with E-state index in [1.54, 1.807) is 43.3 Å². The van der Waals surface area contributed by atoms with E-state index < -0.39 is 18.5 Å². The fourth-order valence-corrected chi connectivity index (χ4v) is 3.27. The number of hydrogen-bond acceptors (Lipinski definition) is 6. The Morgan fingerprint density at radius 1 is 1.18 bits per heavy atom. The van der Waals surface area contributed by atoms with E-state index in [1.165, 1.54) is 11.0 Å². The van der Waals surface area contributed by atoms with Crippen molar-refractivity contribution in [3.8, 4) is 11.5 Å². The Labute approximate surface area is 161 Å². The number of fused-ring (bicyclic) bond motifs is 2. The van der Waals surface area contributed by atoms with Crippen LogP contribution in [0.3, 0.4) is 0 Å². The molecule has 28 heavy (non-hydrogen) atoms. The van der Waals surface area contributed by atoms with E-state index in [1.807, 2.05) is 0 Å². The molecule has 4 rings (SSSR count). The third-order valence-corrected chi connectivity index (χ3v) is 4.56. The van der Waals surface area contributed by atoms with E-state index in [4.69, 9.17) is 14.2 Å². The number of rotatable bonds is 3. The minimum atomic E-state index is -0.642. The number of anilines is 2. The Morgan fingerprint density at radius 3 is 2.82 bits per heavy atom. The normalized spacial score (nSPS) is 17.4. The molecule has 8 heteroatoms. The van der Waals surface area contributed by atoms with Crippen molar-refractivity contribution >= 4 is 29.2 Å². The maximum atomic E-state index is 12.8. The summed E-state index contributed by atoms with van der Waals surface area (Å²) in [6.07, 6.45) is 0.149. The first-order valence-electron chi connectivity index (χ1n) is 8.80. The highest BCUT2D eigenvalue weighted by molar-refractivity contribution is 6.05. The molecule has 0 spiro atoms. The molecule has 0 aromatic heterocycles. The number of esters is 1. The summed E-state index contributed by atoms with van der Waals surface area (Å²) in [6, 6.07) is 11.3. The molecule has 2 heterocycles. The minimum Gasteiger partial charge on any atom is -0.454 e. The quantitative estimate of drug-likeness (QED) is 0.819. The third kappa shape index (κ3) is 3.36. The van der Waals surface area contributed by atoms with Crippen LogP contribution in [0, 0.1) is 0 Å². The second kappa shape index (κ2) is 7.22. The highest BCUT2D eigenvalue weighted by Gasteiger charge is 2.30. The lowest BCUT2D eigenvalue weighted by atomic mass is 10.1. The Balaban J connectivity index is 1.48. The number of ether oxygens (including phenoxy) is 3. The van der Waals surface area contributed by atoms with Crippen LogP contribution in [-0.2, 0) is 14.3 Å². The fourth-order valence-electron chi connectivity index (χ4n) is 3.27. The molecule has 1 N–H and O–H groups in total. The van der Waals surface area contributed by atoms with Crippen molar-refractivity contribution in [1.82, 2.24) is 0 Å². The summed E-state index contributed by atoms with van der Waals surface area (Å²) in [6.45, 7) is 1.44. The Hall–Kier alpha value is -3.55. The maximum absolute atomic E-state index is 12.8. The number of para-hydroxylation sites is 2. The highest BCUT2D eigenvalue weighted by Crippen LogP contribution is 2.33. The number of hydrogen-bond donors (Lipinski definition) is 1. The lowest BCUT2D eigenvalue weighted by Gasteiger charge is -2.27. The second-order valence-electron chi connectivity index (χ2n) is 6.53. The molecule has 0 saturated carbocycles. The first-order valence-corrected chi connectivity index (χ1v) is 8.80. The molecule has 2 aromatic carbocycles. The molecule has 2 amide bonds. The standard InChI is InChI=1S/C20H18N2O6/c1-12-8-18(23)21-14-4-2-3-5-15(14)22(12)19(24)10-26-20(25)13-6-7-16-17(9-13)28-11-27-16/h2-7,9,12H,8,10-11H2,1H3,(H,21,23). The van der Waals surface area contributed by atoms with Crippen molar-refractivity contribution in [3.63, 3.8) is 0 Å². The Bertz CT molecular complexity index is 957. The van der Waals surface area contributed by atoms with Gasteiger partial charge in [0, 0.05) is 12.5 Å². The monoisotopic (exact) mass is 382 g/mol. The molecule has 2 aliphatic rings. The van der Waals surface area contributed by atoms with E-state index in [9.17, 15) is 14.4 Å². The van der Waals surface area contributed by atoms with Crippen molar-refractivity contribution in [2.45, 2.75) is 19.4 Å². The summed E-state index contributed by atoms with van der Waals surface area (Å²) in [5.74, 6) is -0.213. The van der Waals surface area contributed by atoms with Gasteiger partial charge in [-0.1, -0.05) is 12.1 Å². The van der Waals surface area contributed by atoms with Gasteiger partial charge < -0.3 is 24.4 Å².